The lowest BCUT2D eigenvalue weighted by molar-refractivity contribution is 0.470. The smallest absolute Gasteiger partial charge is 0.137 e. The SMILES string of the molecule is Cc1cc(N2CCNCC2)c(C)c(Cl)c1O. The molecule has 1 heterocycles. The van der Waals surface area contributed by atoms with Crippen molar-refractivity contribution in [1.82, 2.24) is 5.32 Å². The number of hydrogen-bond acceptors (Lipinski definition) is 3. The van der Waals surface area contributed by atoms with Crippen LogP contribution in [0.15, 0.2) is 6.07 Å². The standard InChI is InChI=1S/C12H17ClN2O/c1-8-7-10(9(2)11(13)12(8)16)15-5-3-14-4-6-15/h7,14,16H,3-6H2,1-2H3. The topological polar surface area (TPSA) is 35.5 Å². The summed E-state index contributed by atoms with van der Waals surface area (Å²) in [5.41, 5.74) is 2.94. The van der Waals surface area contributed by atoms with Crippen molar-refractivity contribution in [3.05, 3.63) is 22.2 Å². The molecule has 1 aromatic rings. The van der Waals surface area contributed by atoms with Crippen LogP contribution in [0.2, 0.25) is 5.02 Å². The van der Waals surface area contributed by atoms with Gasteiger partial charge in [-0.05, 0) is 31.0 Å². The minimum Gasteiger partial charge on any atom is -0.506 e. The van der Waals surface area contributed by atoms with Crippen molar-refractivity contribution in [3.63, 3.8) is 0 Å². The Morgan fingerprint density at radius 3 is 2.56 bits per heavy atom. The largest absolute Gasteiger partial charge is 0.506 e. The summed E-state index contributed by atoms with van der Waals surface area (Å²) in [5, 5.41) is 13.5. The fourth-order valence-corrected chi connectivity index (χ4v) is 2.32. The molecule has 0 spiro atoms. The van der Waals surface area contributed by atoms with E-state index < -0.39 is 0 Å². The predicted octanol–water partition coefficient (Wildman–Crippen LogP) is 2.07. The second-order valence-corrected chi connectivity index (χ2v) is 4.62. The average molecular weight is 241 g/mol. The van der Waals surface area contributed by atoms with Gasteiger partial charge in [-0.3, -0.25) is 0 Å². The molecule has 3 nitrogen and oxygen atoms in total. The van der Waals surface area contributed by atoms with Gasteiger partial charge in [0.15, 0.2) is 0 Å². The molecule has 0 atom stereocenters. The van der Waals surface area contributed by atoms with E-state index in [0.29, 0.717) is 5.02 Å². The summed E-state index contributed by atoms with van der Waals surface area (Å²) in [4.78, 5) is 2.31. The molecular weight excluding hydrogens is 224 g/mol. The van der Waals surface area contributed by atoms with Crippen LogP contribution in [-0.4, -0.2) is 31.3 Å². The number of halogens is 1. The van der Waals surface area contributed by atoms with Crippen LogP contribution in [0.5, 0.6) is 5.75 Å². The fraction of sp³-hybridized carbons (Fsp3) is 0.500. The molecule has 1 saturated heterocycles. The Kier molecular flexibility index (Phi) is 3.26. The third-order valence-corrected chi connectivity index (χ3v) is 3.57. The molecular formula is C12H17ClN2O. The number of nitrogens with one attached hydrogen (secondary N) is 1. The van der Waals surface area contributed by atoms with E-state index >= 15 is 0 Å². The predicted molar refractivity (Wildman–Crippen MR) is 67.7 cm³/mol. The van der Waals surface area contributed by atoms with Crippen molar-refractivity contribution < 1.29 is 5.11 Å². The van der Waals surface area contributed by atoms with E-state index in [1.54, 1.807) is 0 Å². The highest BCUT2D eigenvalue weighted by Crippen LogP contribution is 2.36. The Bertz CT molecular complexity index is 400. The van der Waals surface area contributed by atoms with E-state index in [0.717, 1.165) is 43.0 Å². The van der Waals surface area contributed by atoms with Crippen molar-refractivity contribution in [2.24, 2.45) is 0 Å². The quantitative estimate of drug-likeness (QED) is 0.789. The van der Waals surface area contributed by atoms with Gasteiger partial charge in [0.05, 0.1) is 5.02 Å². The molecule has 0 aromatic heterocycles. The van der Waals surface area contributed by atoms with Gasteiger partial charge in [0, 0.05) is 31.9 Å². The molecule has 1 fully saturated rings. The van der Waals surface area contributed by atoms with E-state index in [1.807, 2.05) is 19.9 Å². The summed E-state index contributed by atoms with van der Waals surface area (Å²) < 4.78 is 0. The second-order valence-electron chi connectivity index (χ2n) is 4.24. The Balaban J connectivity index is 2.40. The number of nitrogens with zero attached hydrogens (tertiary/aromatic N) is 1. The molecule has 88 valence electrons. The maximum Gasteiger partial charge on any atom is 0.137 e. The first-order chi connectivity index (χ1) is 7.61. The van der Waals surface area contributed by atoms with Gasteiger partial charge in [0.2, 0.25) is 0 Å². The summed E-state index contributed by atoms with van der Waals surface area (Å²) in [6.45, 7) is 7.81. The summed E-state index contributed by atoms with van der Waals surface area (Å²) in [6.07, 6.45) is 0. The maximum atomic E-state index is 9.75. The van der Waals surface area contributed by atoms with E-state index in [-0.39, 0.29) is 5.75 Å². The molecule has 0 radical (unpaired) electrons. The summed E-state index contributed by atoms with van der Waals surface area (Å²) in [6, 6.07) is 2.02. The third-order valence-electron chi connectivity index (χ3n) is 3.11. The summed E-state index contributed by atoms with van der Waals surface area (Å²) >= 11 is 6.12. The van der Waals surface area contributed by atoms with Crippen LogP contribution in [-0.2, 0) is 0 Å². The molecule has 0 bridgehead atoms. The fourth-order valence-electron chi connectivity index (χ4n) is 2.08. The average Bonchev–Trinajstić information content (AvgIpc) is 2.32. The van der Waals surface area contributed by atoms with Crippen LogP contribution in [0.1, 0.15) is 11.1 Å². The van der Waals surface area contributed by atoms with Crippen LogP contribution in [0.3, 0.4) is 0 Å². The number of aromatic hydroxyl groups is 1. The molecule has 16 heavy (non-hydrogen) atoms. The van der Waals surface area contributed by atoms with Crippen molar-refractivity contribution in [1.29, 1.82) is 0 Å². The Morgan fingerprint density at radius 1 is 1.31 bits per heavy atom. The molecule has 0 unspecified atom stereocenters. The highest BCUT2D eigenvalue weighted by atomic mass is 35.5. The molecule has 0 amide bonds. The molecule has 0 saturated carbocycles. The normalized spacial score (nSPS) is 16.6. The highest BCUT2D eigenvalue weighted by Gasteiger charge is 2.17. The van der Waals surface area contributed by atoms with E-state index in [2.05, 4.69) is 10.2 Å². The van der Waals surface area contributed by atoms with Gasteiger partial charge in [-0.2, -0.15) is 0 Å². The zero-order valence-corrected chi connectivity index (χ0v) is 10.4. The molecule has 1 aliphatic heterocycles. The zero-order valence-electron chi connectivity index (χ0n) is 9.68. The number of anilines is 1. The number of aryl methyl sites for hydroxylation is 1. The first-order valence-corrected chi connectivity index (χ1v) is 5.93. The molecule has 0 aliphatic carbocycles. The van der Waals surface area contributed by atoms with Crippen molar-refractivity contribution in [3.8, 4) is 5.75 Å². The van der Waals surface area contributed by atoms with Gasteiger partial charge < -0.3 is 15.3 Å². The number of phenols is 1. The van der Waals surface area contributed by atoms with Crippen LogP contribution >= 0.6 is 11.6 Å². The monoisotopic (exact) mass is 240 g/mol. The Labute approximate surface area is 101 Å². The lowest BCUT2D eigenvalue weighted by Gasteiger charge is -2.31. The van der Waals surface area contributed by atoms with E-state index in [4.69, 9.17) is 11.6 Å². The number of hydrogen-bond donors (Lipinski definition) is 2. The van der Waals surface area contributed by atoms with E-state index in [9.17, 15) is 5.11 Å². The molecule has 1 aromatic carbocycles. The minimum absolute atomic E-state index is 0.207. The lowest BCUT2D eigenvalue weighted by Crippen LogP contribution is -2.43. The van der Waals surface area contributed by atoms with Gasteiger partial charge in [-0.15, -0.1) is 0 Å². The Hall–Kier alpha value is -0.930. The van der Waals surface area contributed by atoms with E-state index in [1.165, 1.54) is 0 Å². The number of piperazine rings is 1. The van der Waals surface area contributed by atoms with Crippen LogP contribution in [0, 0.1) is 13.8 Å². The Morgan fingerprint density at radius 2 is 1.94 bits per heavy atom. The van der Waals surface area contributed by atoms with Crippen LogP contribution < -0.4 is 10.2 Å². The first kappa shape index (κ1) is 11.6. The molecule has 4 heteroatoms. The second kappa shape index (κ2) is 4.52. The van der Waals surface area contributed by atoms with Gasteiger partial charge in [0.1, 0.15) is 5.75 Å². The summed E-state index contributed by atoms with van der Waals surface area (Å²) in [7, 11) is 0. The third kappa shape index (κ3) is 1.97. The minimum atomic E-state index is 0.207. The van der Waals surface area contributed by atoms with Gasteiger partial charge in [0.25, 0.3) is 0 Å². The number of rotatable bonds is 1. The molecule has 1 aliphatic rings. The number of benzene rings is 1. The van der Waals surface area contributed by atoms with Crippen LogP contribution in [0.4, 0.5) is 5.69 Å². The highest BCUT2D eigenvalue weighted by molar-refractivity contribution is 6.33. The summed E-state index contributed by atoms with van der Waals surface area (Å²) in [5.74, 6) is 0.207. The molecule has 2 N–H and O–H groups in total. The van der Waals surface area contributed by atoms with Gasteiger partial charge in [-0.1, -0.05) is 11.6 Å². The van der Waals surface area contributed by atoms with Crippen molar-refractivity contribution >= 4 is 17.3 Å². The van der Waals surface area contributed by atoms with Crippen molar-refractivity contribution in [2.75, 3.05) is 31.1 Å². The zero-order chi connectivity index (χ0) is 11.7. The maximum absolute atomic E-state index is 9.75. The first-order valence-electron chi connectivity index (χ1n) is 5.55. The van der Waals surface area contributed by atoms with Crippen LogP contribution in [0.25, 0.3) is 0 Å². The lowest BCUT2D eigenvalue weighted by atomic mass is 10.1. The van der Waals surface area contributed by atoms with Gasteiger partial charge in [-0.25, -0.2) is 0 Å². The molecule has 2 rings (SSSR count). The number of phenolic OH excluding ortho intramolecular Hbond substituents is 1. The van der Waals surface area contributed by atoms with Crippen molar-refractivity contribution in [2.45, 2.75) is 13.8 Å². The van der Waals surface area contributed by atoms with Gasteiger partial charge >= 0.3 is 0 Å².